The molecule has 19 heavy (non-hydrogen) atoms. The van der Waals surface area contributed by atoms with Crippen LogP contribution in [0.3, 0.4) is 0 Å². The number of hydrogen-bond acceptors (Lipinski definition) is 5. The summed E-state index contributed by atoms with van der Waals surface area (Å²) in [7, 11) is 1.69. The number of anilines is 1. The Kier molecular flexibility index (Phi) is 3.49. The Morgan fingerprint density at radius 2 is 2.21 bits per heavy atom. The van der Waals surface area contributed by atoms with Crippen LogP contribution in [0.1, 0.15) is 44.7 Å². The Hall–Kier alpha value is -1.63. The molecule has 2 rings (SSSR count). The highest BCUT2D eigenvalue weighted by Gasteiger charge is 2.40. The van der Waals surface area contributed by atoms with E-state index in [1.807, 2.05) is 13.8 Å². The number of aromatic nitrogens is 2. The van der Waals surface area contributed by atoms with Crippen molar-refractivity contribution in [3.8, 4) is 0 Å². The van der Waals surface area contributed by atoms with E-state index in [1.54, 1.807) is 7.05 Å². The second-order valence-corrected chi connectivity index (χ2v) is 5.53. The number of nitro groups is 1. The minimum Gasteiger partial charge on any atom is -0.394 e. The molecule has 0 amide bonds. The SMILES string of the molecule is CC(C)c1nn(C)c(NC2(CO)CCC2)c1[N+](=O)[O-]. The zero-order chi connectivity index (χ0) is 14.2. The van der Waals surface area contributed by atoms with E-state index in [9.17, 15) is 15.2 Å². The minimum absolute atomic E-state index is 0.0198. The lowest BCUT2D eigenvalue weighted by Crippen LogP contribution is -2.48. The van der Waals surface area contributed by atoms with E-state index in [0.29, 0.717) is 11.5 Å². The monoisotopic (exact) mass is 268 g/mol. The van der Waals surface area contributed by atoms with Crippen molar-refractivity contribution in [1.29, 1.82) is 0 Å². The maximum Gasteiger partial charge on any atom is 0.334 e. The molecule has 1 heterocycles. The standard InChI is InChI=1S/C12H20N4O3/c1-8(2)9-10(16(18)19)11(15(3)14-9)13-12(7-17)5-4-6-12/h8,13,17H,4-7H2,1-3H3. The van der Waals surface area contributed by atoms with Gasteiger partial charge in [-0.2, -0.15) is 5.10 Å². The van der Waals surface area contributed by atoms with Crippen LogP contribution in [0.2, 0.25) is 0 Å². The zero-order valence-corrected chi connectivity index (χ0v) is 11.5. The summed E-state index contributed by atoms with van der Waals surface area (Å²) in [5.41, 5.74) is 0.0759. The first-order valence-corrected chi connectivity index (χ1v) is 6.50. The van der Waals surface area contributed by atoms with Gasteiger partial charge in [-0.25, -0.2) is 4.68 Å². The van der Waals surface area contributed by atoms with E-state index in [1.165, 1.54) is 4.68 Å². The molecule has 0 radical (unpaired) electrons. The van der Waals surface area contributed by atoms with Gasteiger partial charge < -0.3 is 10.4 Å². The van der Waals surface area contributed by atoms with Crippen molar-refractivity contribution >= 4 is 11.5 Å². The molecule has 106 valence electrons. The fourth-order valence-electron chi connectivity index (χ4n) is 2.42. The van der Waals surface area contributed by atoms with Gasteiger partial charge in [0.1, 0.15) is 5.69 Å². The number of aliphatic hydroxyl groups excluding tert-OH is 1. The van der Waals surface area contributed by atoms with Crippen LogP contribution < -0.4 is 5.32 Å². The van der Waals surface area contributed by atoms with E-state index in [-0.39, 0.29) is 18.2 Å². The molecule has 2 N–H and O–H groups in total. The molecule has 0 saturated heterocycles. The van der Waals surface area contributed by atoms with Crippen LogP contribution >= 0.6 is 0 Å². The predicted molar refractivity (Wildman–Crippen MR) is 71.2 cm³/mol. The van der Waals surface area contributed by atoms with Gasteiger partial charge in [0, 0.05) is 13.0 Å². The van der Waals surface area contributed by atoms with E-state index in [0.717, 1.165) is 19.3 Å². The highest BCUT2D eigenvalue weighted by Crippen LogP contribution is 2.39. The highest BCUT2D eigenvalue weighted by molar-refractivity contribution is 5.62. The average Bonchev–Trinajstić information content (AvgIpc) is 2.61. The first-order valence-electron chi connectivity index (χ1n) is 6.50. The van der Waals surface area contributed by atoms with Crippen molar-refractivity contribution in [1.82, 2.24) is 9.78 Å². The van der Waals surface area contributed by atoms with Crippen LogP contribution in [0.5, 0.6) is 0 Å². The first-order chi connectivity index (χ1) is 8.90. The van der Waals surface area contributed by atoms with E-state index in [2.05, 4.69) is 10.4 Å². The lowest BCUT2D eigenvalue weighted by atomic mass is 9.77. The molecule has 0 spiro atoms. The first kappa shape index (κ1) is 13.8. The van der Waals surface area contributed by atoms with Gasteiger partial charge in [0.05, 0.1) is 17.1 Å². The van der Waals surface area contributed by atoms with Gasteiger partial charge in [-0.15, -0.1) is 0 Å². The maximum atomic E-state index is 11.3. The normalized spacial score (nSPS) is 17.3. The second kappa shape index (κ2) is 4.80. The summed E-state index contributed by atoms with van der Waals surface area (Å²) in [4.78, 5) is 10.9. The molecule has 1 aromatic heterocycles. The topological polar surface area (TPSA) is 93.2 Å². The summed E-state index contributed by atoms with van der Waals surface area (Å²) in [6, 6.07) is 0. The molecule has 7 nitrogen and oxygen atoms in total. The van der Waals surface area contributed by atoms with Gasteiger partial charge in [-0.1, -0.05) is 13.8 Å². The Balaban J connectivity index is 2.41. The van der Waals surface area contributed by atoms with Crippen LogP contribution in [0.4, 0.5) is 11.5 Å². The van der Waals surface area contributed by atoms with Crippen molar-refractivity contribution in [2.45, 2.75) is 44.6 Å². The van der Waals surface area contributed by atoms with E-state index in [4.69, 9.17) is 0 Å². The summed E-state index contributed by atoms with van der Waals surface area (Å²) in [6.07, 6.45) is 2.67. The van der Waals surface area contributed by atoms with Crippen molar-refractivity contribution in [2.24, 2.45) is 7.05 Å². The highest BCUT2D eigenvalue weighted by atomic mass is 16.6. The number of hydrogen-bond donors (Lipinski definition) is 2. The molecule has 1 aromatic rings. The fourth-order valence-corrected chi connectivity index (χ4v) is 2.42. The third-order valence-corrected chi connectivity index (χ3v) is 3.77. The number of nitrogens with zero attached hydrogens (tertiary/aromatic N) is 3. The molecule has 0 atom stereocenters. The smallest absolute Gasteiger partial charge is 0.334 e. The minimum atomic E-state index is -0.424. The summed E-state index contributed by atoms with van der Waals surface area (Å²) in [5.74, 6) is 0.371. The largest absolute Gasteiger partial charge is 0.394 e. The zero-order valence-electron chi connectivity index (χ0n) is 11.5. The summed E-state index contributed by atoms with van der Waals surface area (Å²) < 4.78 is 1.50. The van der Waals surface area contributed by atoms with Gasteiger partial charge >= 0.3 is 5.69 Å². The quantitative estimate of drug-likeness (QED) is 0.627. The fraction of sp³-hybridized carbons (Fsp3) is 0.750. The van der Waals surface area contributed by atoms with Crippen molar-refractivity contribution in [3.05, 3.63) is 15.8 Å². The molecule has 1 saturated carbocycles. The van der Waals surface area contributed by atoms with Crippen LogP contribution in [-0.2, 0) is 7.05 Å². The molecular weight excluding hydrogens is 248 g/mol. The van der Waals surface area contributed by atoms with Crippen LogP contribution in [-0.4, -0.2) is 32.0 Å². The predicted octanol–water partition coefficient (Wildman–Crippen LogP) is 1.78. The molecule has 1 aliphatic rings. The lowest BCUT2D eigenvalue weighted by molar-refractivity contribution is -0.384. The number of rotatable bonds is 5. The van der Waals surface area contributed by atoms with Crippen molar-refractivity contribution < 1.29 is 10.0 Å². The van der Waals surface area contributed by atoms with Crippen molar-refractivity contribution in [2.75, 3.05) is 11.9 Å². The molecule has 0 bridgehead atoms. The summed E-state index contributed by atoms with van der Waals surface area (Å²) in [6.45, 7) is 3.74. The molecular formula is C12H20N4O3. The molecule has 0 aliphatic heterocycles. The van der Waals surface area contributed by atoms with Crippen molar-refractivity contribution in [3.63, 3.8) is 0 Å². The molecule has 0 aromatic carbocycles. The number of aryl methyl sites for hydroxylation is 1. The van der Waals surface area contributed by atoms with Gasteiger partial charge in [0.15, 0.2) is 0 Å². The second-order valence-electron chi connectivity index (χ2n) is 5.53. The van der Waals surface area contributed by atoms with Gasteiger partial charge in [-0.05, 0) is 19.3 Å². The lowest BCUT2D eigenvalue weighted by Gasteiger charge is -2.41. The average molecular weight is 268 g/mol. The molecule has 7 heteroatoms. The van der Waals surface area contributed by atoms with Crippen LogP contribution in [0.25, 0.3) is 0 Å². The molecule has 0 unspecified atom stereocenters. The molecule has 1 fully saturated rings. The van der Waals surface area contributed by atoms with Crippen LogP contribution in [0.15, 0.2) is 0 Å². The van der Waals surface area contributed by atoms with Gasteiger partial charge in [-0.3, -0.25) is 10.1 Å². The third-order valence-electron chi connectivity index (χ3n) is 3.77. The Bertz CT molecular complexity index is 486. The summed E-state index contributed by atoms with van der Waals surface area (Å²) >= 11 is 0. The molecule has 1 aliphatic carbocycles. The summed E-state index contributed by atoms with van der Waals surface area (Å²) in [5, 5.41) is 28.1. The number of nitrogens with one attached hydrogen (secondary N) is 1. The Morgan fingerprint density at radius 1 is 1.58 bits per heavy atom. The Morgan fingerprint density at radius 3 is 2.58 bits per heavy atom. The number of aliphatic hydroxyl groups is 1. The van der Waals surface area contributed by atoms with Crippen LogP contribution in [0, 0.1) is 10.1 Å². The van der Waals surface area contributed by atoms with Gasteiger partial charge in [0.2, 0.25) is 5.82 Å². The van der Waals surface area contributed by atoms with E-state index >= 15 is 0 Å². The van der Waals surface area contributed by atoms with Gasteiger partial charge in [0.25, 0.3) is 0 Å². The van der Waals surface area contributed by atoms with E-state index < -0.39 is 10.5 Å². The third kappa shape index (κ3) is 2.30. The maximum absolute atomic E-state index is 11.3. The Labute approximate surface area is 111 Å².